The third kappa shape index (κ3) is 3.10. The Morgan fingerprint density at radius 1 is 1.43 bits per heavy atom. The first-order valence-electron chi connectivity index (χ1n) is 7.64. The topological polar surface area (TPSA) is 48.6 Å². The van der Waals surface area contributed by atoms with Gasteiger partial charge in [0.25, 0.3) is 5.91 Å². The summed E-state index contributed by atoms with van der Waals surface area (Å²) in [6.07, 6.45) is 2.75. The molecule has 2 fully saturated rings. The molecule has 2 saturated heterocycles. The van der Waals surface area contributed by atoms with Crippen LogP contribution in [-0.2, 0) is 4.74 Å². The summed E-state index contributed by atoms with van der Waals surface area (Å²) in [7, 11) is 0. The Hall–Kier alpha value is -1.04. The van der Waals surface area contributed by atoms with Crippen molar-refractivity contribution in [2.24, 2.45) is 5.92 Å². The molecule has 5 nitrogen and oxygen atoms in total. The fourth-order valence-corrected chi connectivity index (χ4v) is 3.57. The number of carbonyl (C=O) groups is 1. The van der Waals surface area contributed by atoms with Crippen LogP contribution in [0.4, 0.5) is 0 Å². The molecule has 21 heavy (non-hydrogen) atoms. The Labute approximate surface area is 130 Å². The van der Waals surface area contributed by atoms with Crippen molar-refractivity contribution in [1.82, 2.24) is 14.8 Å². The molecule has 0 radical (unpaired) electrons. The largest absolute Gasteiger partial charge is 0.379 e. The summed E-state index contributed by atoms with van der Waals surface area (Å²) in [5.74, 6) is 0.591. The second kappa shape index (κ2) is 6.38. The Morgan fingerprint density at radius 2 is 2.19 bits per heavy atom. The van der Waals surface area contributed by atoms with Gasteiger partial charge < -0.3 is 14.6 Å². The van der Waals surface area contributed by atoms with Crippen LogP contribution < -0.4 is 0 Å². The first-order chi connectivity index (χ1) is 10.2. The van der Waals surface area contributed by atoms with Crippen molar-refractivity contribution in [3.8, 4) is 0 Å². The first-order valence-corrected chi connectivity index (χ1v) is 8.02. The van der Waals surface area contributed by atoms with Crippen LogP contribution in [0.15, 0.2) is 12.3 Å². The predicted octanol–water partition coefficient (Wildman–Crippen LogP) is 1.85. The van der Waals surface area contributed by atoms with E-state index in [2.05, 4.69) is 16.8 Å². The molecule has 3 rings (SSSR count). The van der Waals surface area contributed by atoms with Gasteiger partial charge in [-0.3, -0.25) is 9.69 Å². The van der Waals surface area contributed by atoms with Gasteiger partial charge >= 0.3 is 0 Å². The maximum absolute atomic E-state index is 12.5. The maximum atomic E-state index is 12.5. The average molecular weight is 312 g/mol. The lowest BCUT2D eigenvalue weighted by atomic mass is 9.99. The number of carbonyl (C=O) groups excluding carboxylic acids is 1. The summed E-state index contributed by atoms with van der Waals surface area (Å²) >= 11 is 5.89. The molecule has 0 spiro atoms. The Bertz CT molecular complexity index is 499. The number of aromatic nitrogens is 1. The van der Waals surface area contributed by atoms with Gasteiger partial charge in [-0.05, 0) is 12.0 Å². The van der Waals surface area contributed by atoms with Gasteiger partial charge in [-0.1, -0.05) is 24.9 Å². The third-order valence-corrected chi connectivity index (χ3v) is 4.83. The zero-order valence-electron chi connectivity index (χ0n) is 12.3. The van der Waals surface area contributed by atoms with E-state index in [1.165, 1.54) is 0 Å². The minimum absolute atomic E-state index is 0.0520. The number of H-pyrrole nitrogens is 1. The zero-order chi connectivity index (χ0) is 14.8. The van der Waals surface area contributed by atoms with E-state index in [4.69, 9.17) is 16.3 Å². The maximum Gasteiger partial charge on any atom is 0.270 e. The second-order valence-corrected chi connectivity index (χ2v) is 6.26. The van der Waals surface area contributed by atoms with E-state index in [1.807, 2.05) is 4.90 Å². The van der Waals surface area contributed by atoms with Crippen LogP contribution in [0.2, 0.25) is 5.02 Å². The highest BCUT2D eigenvalue weighted by Crippen LogP contribution is 2.27. The highest BCUT2D eigenvalue weighted by atomic mass is 35.5. The van der Waals surface area contributed by atoms with Crippen LogP contribution in [0.1, 0.15) is 23.8 Å². The molecule has 2 atom stereocenters. The smallest absolute Gasteiger partial charge is 0.270 e. The van der Waals surface area contributed by atoms with E-state index in [0.717, 1.165) is 45.8 Å². The van der Waals surface area contributed by atoms with Gasteiger partial charge in [0.15, 0.2) is 0 Å². The van der Waals surface area contributed by atoms with Crippen molar-refractivity contribution in [3.63, 3.8) is 0 Å². The number of morpholine rings is 1. The summed E-state index contributed by atoms with van der Waals surface area (Å²) in [6, 6.07) is 2.15. The third-order valence-electron chi connectivity index (χ3n) is 4.61. The molecular weight excluding hydrogens is 290 g/mol. The molecule has 1 amide bonds. The fourth-order valence-electron chi connectivity index (χ4n) is 3.41. The molecule has 116 valence electrons. The lowest BCUT2D eigenvalue weighted by Gasteiger charge is -2.34. The number of likely N-dealkylation sites (tertiary alicyclic amines) is 1. The molecule has 0 aliphatic carbocycles. The van der Waals surface area contributed by atoms with E-state index < -0.39 is 0 Å². The van der Waals surface area contributed by atoms with Gasteiger partial charge in [0.2, 0.25) is 0 Å². The van der Waals surface area contributed by atoms with E-state index in [9.17, 15) is 4.79 Å². The number of hydrogen-bond acceptors (Lipinski definition) is 3. The second-order valence-electron chi connectivity index (χ2n) is 5.83. The monoisotopic (exact) mass is 311 g/mol. The van der Waals surface area contributed by atoms with E-state index in [0.29, 0.717) is 22.7 Å². The lowest BCUT2D eigenvalue weighted by Crippen LogP contribution is -2.47. The van der Waals surface area contributed by atoms with Crippen LogP contribution >= 0.6 is 11.6 Å². The number of hydrogen-bond donors (Lipinski definition) is 1. The quantitative estimate of drug-likeness (QED) is 0.927. The number of rotatable bonds is 3. The summed E-state index contributed by atoms with van der Waals surface area (Å²) in [4.78, 5) is 19.9. The van der Waals surface area contributed by atoms with Gasteiger partial charge in [-0.25, -0.2) is 0 Å². The van der Waals surface area contributed by atoms with Gasteiger partial charge in [0, 0.05) is 38.4 Å². The van der Waals surface area contributed by atoms with E-state index >= 15 is 0 Å². The van der Waals surface area contributed by atoms with Gasteiger partial charge in [-0.15, -0.1) is 0 Å². The van der Waals surface area contributed by atoms with Gasteiger partial charge in [0.1, 0.15) is 5.69 Å². The fraction of sp³-hybridized carbons (Fsp3) is 0.667. The highest BCUT2D eigenvalue weighted by Gasteiger charge is 2.38. The average Bonchev–Trinajstić information content (AvgIpc) is 3.13. The summed E-state index contributed by atoms with van der Waals surface area (Å²) < 4.78 is 5.43. The number of nitrogens with one attached hydrogen (secondary N) is 1. The Balaban J connectivity index is 1.69. The zero-order valence-corrected chi connectivity index (χ0v) is 13.1. The normalized spacial score (nSPS) is 27.2. The van der Waals surface area contributed by atoms with Crippen molar-refractivity contribution < 1.29 is 9.53 Å². The summed E-state index contributed by atoms with van der Waals surface area (Å²) in [5.41, 5.74) is 0.581. The minimum atomic E-state index is 0.0520. The molecule has 0 bridgehead atoms. The van der Waals surface area contributed by atoms with Crippen molar-refractivity contribution in [3.05, 3.63) is 23.0 Å². The van der Waals surface area contributed by atoms with Crippen molar-refractivity contribution in [1.29, 1.82) is 0 Å². The standard InChI is InChI=1S/C15H22ClN3O2/c1-2-11-9-19(15(20)13-7-12(16)8-17-13)10-14(11)18-3-5-21-6-4-18/h7-8,11,14,17H,2-6,9-10H2,1H3/t11-,14-/m0/s1. The van der Waals surface area contributed by atoms with E-state index in [-0.39, 0.29) is 5.91 Å². The Morgan fingerprint density at radius 3 is 2.81 bits per heavy atom. The van der Waals surface area contributed by atoms with Crippen molar-refractivity contribution >= 4 is 17.5 Å². The molecule has 0 unspecified atom stereocenters. The summed E-state index contributed by atoms with van der Waals surface area (Å²) in [5, 5.41) is 0.578. The van der Waals surface area contributed by atoms with Crippen molar-refractivity contribution in [2.45, 2.75) is 19.4 Å². The number of amides is 1. The molecule has 0 aromatic carbocycles. The van der Waals surface area contributed by atoms with Crippen LogP contribution in [0.25, 0.3) is 0 Å². The highest BCUT2D eigenvalue weighted by molar-refractivity contribution is 6.30. The number of halogens is 1. The van der Waals surface area contributed by atoms with Crippen molar-refractivity contribution in [2.75, 3.05) is 39.4 Å². The van der Waals surface area contributed by atoms with Gasteiger partial charge in [-0.2, -0.15) is 0 Å². The van der Waals surface area contributed by atoms with Crippen LogP contribution in [0.3, 0.4) is 0 Å². The molecule has 2 aliphatic heterocycles. The molecule has 0 saturated carbocycles. The molecule has 6 heteroatoms. The lowest BCUT2D eigenvalue weighted by molar-refractivity contribution is 0.0102. The Kier molecular flexibility index (Phi) is 4.52. The molecule has 1 aromatic heterocycles. The molecule has 3 heterocycles. The SMILES string of the molecule is CC[C@H]1CN(C(=O)c2cc(Cl)c[nH]2)C[C@@H]1N1CCOCC1. The molecule has 1 aromatic rings. The van der Waals surface area contributed by atoms with Crippen LogP contribution in [0.5, 0.6) is 0 Å². The van der Waals surface area contributed by atoms with Gasteiger partial charge in [0.05, 0.1) is 18.2 Å². The molecule has 1 N–H and O–H groups in total. The number of nitrogens with zero attached hydrogens (tertiary/aromatic N) is 2. The molecular formula is C15H22ClN3O2. The number of ether oxygens (including phenoxy) is 1. The number of aromatic amines is 1. The summed E-state index contributed by atoms with van der Waals surface area (Å²) in [6.45, 7) is 7.37. The van der Waals surface area contributed by atoms with Crippen LogP contribution in [-0.4, -0.2) is 66.1 Å². The van der Waals surface area contributed by atoms with Crippen LogP contribution in [0, 0.1) is 5.92 Å². The predicted molar refractivity (Wildman–Crippen MR) is 81.7 cm³/mol. The minimum Gasteiger partial charge on any atom is -0.379 e. The van der Waals surface area contributed by atoms with E-state index in [1.54, 1.807) is 12.3 Å². The molecule has 2 aliphatic rings. The first kappa shape index (κ1) is 14.9.